The molecule has 0 saturated heterocycles. The third kappa shape index (κ3) is 3.54. The number of anilines is 2. The third-order valence-corrected chi connectivity index (χ3v) is 3.92. The lowest BCUT2D eigenvalue weighted by atomic mass is 9.85. The lowest BCUT2D eigenvalue weighted by molar-refractivity contribution is 0.590. The summed E-state index contributed by atoms with van der Waals surface area (Å²) in [4.78, 5) is 4.20. The van der Waals surface area contributed by atoms with Crippen molar-refractivity contribution in [2.24, 2.45) is 0 Å². The van der Waals surface area contributed by atoms with Crippen LogP contribution in [0.5, 0.6) is 0 Å². The smallest absolute Gasteiger partial charge is 0.129 e. The first-order valence-electron chi connectivity index (χ1n) is 7.46. The molecule has 3 rings (SSSR count). The van der Waals surface area contributed by atoms with Gasteiger partial charge < -0.3 is 5.32 Å². The highest BCUT2D eigenvalue weighted by atomic mass is 35.5. The van der Waals surface area contributed by atoms with E-state index in [4.69, 9.17) is 11.6 Å². The zero-order valence-electron chi connectivity index (χ0n) is 13.4. The summed E-state index contributed by atoms with van der Waals surface area (Å²) in [6.45, 7) is 6.61. The van der Waals surface area contributed by atoms with Gasteiger partial charge in [0, 0.05) is 29.1 Å². The molecule has 0 aliphatic carbocycles. The minimum absolute atomic E-state index is 0.0706. The first-order chi connectivity index (χ1) is 10.9. The third-order valence-electron chi connectivity index (χ3n) is 3.69. The van der Waals surface area contributed by atoms with E-state index in [1.807, 2.05) is 12.1 Å². The second-order valence-corrected chi connectivity index (χ2v) is 6.86. The molecule has 0 saturated carbocycles. The molecule has 0 amide bonds. The predicted molar refractivity (Wildman–Crippen MR) is 95.3 cm³/mol. The number of hydrogen-bond acceptors (Lipinski definition) is 3. The normalized spacial score (nSPS) is 11.5. The summed E-state index contributed by atoms with van der Waals surface area (Å²) in [7, 11) is 0. The zero-order chi connectivity index (χ0) is 16.4. The topological polar surface area (TPSA) is 53.6 Å². The SMILES string of the molecule is CC(C)(C)c1ccc(Nc2ccn[nH]2)c(-c2ccc(Cl)nc2)c1. The summed E-state index contributed by atoms with van der Waals surface area (Å²) >= 11 is 5.92. The molecule has 2 aromatic heterocycles. The Morgan fingerprint density at radius 1 is 1.09 bits per heavy atom. The maximum Gasteiger partial charge on any atom is 0.129 e. The Labute approximate surface area is 140 Å². The Balaban J connectivity index is 2.09. The number of hydrogen-bond donors (Lipinski definition) is 2. The minimum atomic E-state index is 0.0706. The van der Waals surface area contributed by atoms with Crippen LogP contribution in [0.25, 0.3) is 11.1 Å². The van der Waals surface area contributed by atoms with E-state index in [1.165, 1.54) is 5.56 Å². The standard InChI is InChI=1S/C18H19ClN4/c1-18(2,3)13-5-6-15(22-17-8-9-21-23-17)14(10-13)12-4-7-16(19)20-11-12/h4-11H,1-3H3,(H2,21,22,23). The molecule has 23 heavy (non-hydrogen) atoms. The highest BCUT2D eigenvalue weighted by molar-refractivity contribution is 6.29. The number of aromatic amines is 1. The predicted octanol–water partition coefficient (Wildman–Crippen LogP) is 5.17. The van der Waals surface area contributed by atoms with Crippen LogP contribution in [0.1, 0.15) is 26.3 Å². The molecule has 118 valence electrons. The molecule has 5 heteroatoms. The molecular formula is C18H19ClN4. The average Bonchev–Trinajstić information content (AvgIpc) is 3.00. The second kappa shape index (κ2) is 6.05. The van der Waals surface area contributed by atoms with Crippen molar-refractivity contribution in [1.82, 2.24) is 15.2 Å². The van der Waals surface area contributed by atoms with E-state index < -0.39 is 0 Å². The molecule has 0 bridgehead atoms. The van der Waals surface area contributed by atoms with Crippen LogP contribution < -0.4 is 5.32 Å². The van der Waals surface area contributed by atoms with E-state index in [-0.39, 0.29) is 5.41 Å². The molecule has 0 aliphatic heterocycles. The van der Waals surface area contributed by atoms with Crippen LogP contribution in [0.2, 0.25) is 5.15 Å². The Kier molecular flexibility index (Phi) is 4.09. The van der Waals surface area contributed by atoms with Gasteiger partial charge in [-0.15, -0.1) is 0 Å². The second-order valence-electron chi connectivity index (χ2n) is 6.48. The van der Waals surface area contributed by atoms with Crippen molar-refractivity contribution in [3.05, 3.63) is 59.5 Å². The molecule has 4 nitrogen and oxygen atoms in total. The molecule has 0 aliphatic rings. The molecule has 0 radical (unpaired) electrons. The molecule has 2 N–H and O–H groups in total. The molecule has 0 unspecified atom stereocenters. The summed E-state index contributed by atoms with van der Waals surface area (Å²) in [6.07, 6.45) is 3.51. The average molecular weight is 327 g/mol. The fourth-order valence-electron chi connectivity index (χ4n) is 2.36. The Bertz CT molecular complexity index is 787. The van der Waals surface area contributed by atoms with Crippen molar-refractivity contribution >= 4 is 23.1 Å². The van der Waals surface area contributed by atoms with Crippen LogP contribution in [-0.4, -0.2) is 15.2 Å². The van der Waals surface area contributed by atoms with Gasteiger partial charge in [0.15, 0.2) is 0 Å². The number of H-pyrrole nitrogens is 1. The number of rotatable bonds is 3. The number of aromatic nitrogens is 3. The van der Waals surface area contributed by atoms with Gasteiger partial charge in [-0.3, -0.25) is 5.10 Å². The Morgan fingerprint density at radius 3 is 2.52 bits per heavy atom. The van der Waals surface area contributed by atoms with E-state index in [9.17, 15) is 0 Å². The van der Waals surface area contributed by atoms with Crippen LogP contribution in [-0.2, 0) is 5.41 Å². The van der Waals surface area contributed by atoms with E-state index >= 15 is 0 Å². The van der Waals surface area contributed by atoms with Crippen molar-refractivity contribution in [1.29, 1.82) is 0 Å². The quantitative estimate of drug-likeness (QED) is 0.653. The summed E-state index contributed by atoms with van der Waals surface area (Å²) in [5.74, 6) is 0.844. The van der Waals surface area contributed by atoms with Gasteiger partial charge in [-0.2, -0.15) is 5.10 Å². The van der Waals surface area contributed by atoms with E-state index in [1.54, 1.807) is 18.5 Å². The van der Waals surface area contributed by atoms with Gasteiger partial charge >= 0.3 is 0 Å². The molecule has 3 aromatic rings. The molecule has 2 heterocycles. The number of pyridine rings is 1. The van der Waals surface area contributed by atoms with Gasteiger partial charge in [0.05, 0.1) is 6.20 Å². The molecule has 0 fully saturated rings. The minimum Gasteiger partial charge on any atom is -0.340 e. The summed E-state index contributed by atoms with van der Waals surface area (Å²) < 4.78 is 0. The van der Waals surface area contributed by atoms with Gasteiger partial charge in [-0.05, 0) is 35.2 Å². The van der Waals surface area contributed by atoms with Gasteiger partial charge in [0.25, 0.3) is 0 Å². The van der Waals surface area contributed by atoms with Gasteiger partial charge in [0.2, 0.25) is 0 Å². The highest BCUT2D eigenvalue weighted by Crippen LogP contribution is 2.34. The lowest BCUT2D eigenvalue weighted by Crippen LogP contribution is -2.11. The number of benzene rings is 1. The van der Waals surface area contributed by atoms with E-state index in [0.29, 0.717) is 5.15 Å². The fraction of sp³-hybridized carbons (Fsp3) is 0.222. The fourth-order valence-corrected chi connectivity index (χ4v) is 2.48. The number of halogens is 1. The van der Waals surface area contributed by atoms with Crippen molar-refractivity contribution in [3.8, 4) is 11.1 Å². The van der Waals surface area contributed by atoms with Crippen molar-refractivity contribution < 1.29 is 0 Å². The van der Waals surface area contributed by atoms with Gasteiger partial charge in [0.1, 0.15) is 11.0 Å². The summed E-state index contributed by atoms with van der Waals surface area (Å²) in [5, 5.41) is 10.7. The first-order valence-corrected chi connectivity index (χ1v) is 7.84. The van der Waals surface area contributed by atoms with Crippen LogP contribution in [0, 0.1) is 0 Å². The van der Waals surface area contributed by atoms with Crippen molar-refractivity contribution in [2.45, 2.75) is 26.2 Å². The van der Waals surface area contributed by atoms with Crippen molar-refractivity contribution in [2.75, 3.05) is 5.32 Å². The van der Waals surface area contributed by atoms with Gasteiger partial charge in [-0.1, -0.05) is 38.4 Å². The summed E-state index contributed by atoms with van der Waals surface area (Å²) in [5.41, 5.74) is 4.42. The van der Waals surface area contributed by atoms with E-state index in [0.717, 1.165) is 22.6 Å². The molecular weight excluding hydrogens is 308 g/mol. The van der Waals surface area contributed by atoms with Crippen LogP contribution in [0.15, 0.2) is 48.8 Å². The first kappa shape index (κ1) is 15.6. The number of nitrogens with zero attached hydrogens (tertiary/aromatic N) is 2. The summed E-state index contributed by atoms with van der Waals surface area (Å²) in [6, 6.07) is 12.1. The molecule has 1 aromatic carbocycles. The molecule has 0 spiro atoms. The Hall–Kier alpha value is -2.33. The lowest BCUT2D eigenvalue weighted by Gasteiger charge is -2.22. The largest absolute Gasteiger partial charge is 0.340 e. The van der Waals surface area contributed by atoms with Crippen LogP contribution in [0.4, 0.5) is 11.5 Å². The monoisotopic (exact) mass is 326 g/mol. The molecule has 0 atom stereocenters. The Morgan fingerprint density at radius 2 is 1.91 bits per heavy atom. The van der Waals surface area contributed by atoms with Crippen LogP contribution >= 0.6 is 11.6 Å². The maximum absolute atomic E-state index is 5.92. The maximum atomic E-state index is 5.92. The van der Waals surface area contributed by atoms with Crippen molar-refractivity contribution in [3.63, 3.8) is 0 Å². The number of nitrogens with one attached hydrogen (secondary N) is 2. The van der Waals surface area contributed by atoms with E-state index in [2.05, 4.69) is 59.5 Å². The van der Waals surface area contributed by atoms with Gasteiger partial charge in [-0.25, -0.2) is 4.98 Å². The zero-order valence-corrected chi connectivity index (χ0v) is 14.1. The highest BCUT2D eigenvalue weighted by Gasteiger charge is 2.16. The van der Waals surface area contributed by atoms with Crippen LogP contribution in [0.3, 0.4) is 0 Å².